The fourth-order valence-electron chi connectivity index (χ4n) is 2.61. The van der Waals surface area contributed by atoms with Crippen LogP contribution in [-0.4, -0.2) is 19.0 Å². The molecule has 16 heavy (non-hydrogen) atoms. The summed E-state index contributed by atoms with van der Waals surface area (Å²) in [6.07, 6.45) is 3.20. The molecular formula is C13H26N2O. The van der Waals surface area contributed by atoms with Gasteiger partial charge in [0.25, 0.3) is 0 Å². The van der Waals surface area contributed by atoms with Gasteiger partial charge in [-0.15, -0.1) is 0 Å². The standard InChI is InChI=1S/C13H26N2O/c1-12(2)10(13(12,3)4)11(16)15-9-7-5-6-8-14/h10H,5-9,14H2,1-4H3,(H,15,16). The summed E-state index contributed by atoms with van der Waals surface area (Å²) in [5.41, 5.74) is 5.71. The Morgan fingerprint density at radius 2 is 1.69 bits per heavy atom. The van der Waals surface area contributed by atoms with Crippen molar-refractivity contribution in [1.82, 2.24) is 5.32 Å². The number of nitrogens with two attached hydrogens (primary N) is 1. The fourth-order valence-corrected chi connectivity index (χ4v) is 2.61. The molecule has 3 heteroatoms. The van der Waals surface area contributed by atoms with Gasteiger partial charge in [0, 0.05) is 12.5 Å². The molecule has 3 nitrogen and oxygen atoms in total. The molecule has 1 amide bonds. The maximum Gasteiger partial charge on any atom is 0.224 e. The highest BCUT2D eigenvalue weighted by Crippen LogP contribution is 2.68. The molecule has 0 saturated heterocycles. The molecule has 0 aromatic carbocycles. The number of nitrogens with one attached hydrogen (secondary N) is 1. The van der Waals surface area contributed by atoms with Gasteiger partial charge in [-0.25, -0.2) is 0 Å². The van der Waals surface area contributed by atoms with Gasteiger partial charge >= 0.3 is 0 Å². The maximum absolute atomic E-state index is 11.9. The molecule has 0 bridgehead atoms. The molecule has 1 aliphatic rings. The molecule has 0 aliphatic heterocycles. The third kappa shape index (κ3) is 2.40. The van der Waals surface area contributed by atoms with Gasteiger partial charge in [-0.2, -0.15) is 0 Å². The van der Waals surface area contributed by atoms with Gasteiger partial charge in [-0.05, 0) is 30.2 Å². The Morgan fingerprint density at radius 1 is 1.12 bits per heavy atom. The van der Waals surface area contributed by atoms with Crippen molar-refractivity contribution in [2.45, 2.75) is 47.0 Å². The summed E-state index contributed by atoms with van der Waals surface area (Å²) in [7, 11) is 0. The number of rotatable bonds is 6. The van der Waals surface area contributed by atoms with Crippen LogP contribution in [0.15, 0.2) is 0 Å². The molecule has 3 N–H and O–H groups in total. The Balaban J connectivity index is 2.23. The Labute approximate surface area is 99.2 Å². The monoisotopic (exact) mass is 226 g/mol. The van der Waals surface area contributed by atoms with Crippen LogP contribution in [0.5, 0.6) is 0 Å². The van der Waals surface area contributed by atoms with Crippen molar-refractivity contribution in [1.29, 1.82) is 0 Å². The van der Waals surface area contributed by atoms with Crippen LogP contribution in [-0.2, 0) is 4.79 Å². The Bertz CT molecular complexity index is 245. The second-order valence-corrected chi connectivity index (χ2v) is 6.02. The van der Waals surface area contributed by atoms with Crippen molar-refractivity contribution < 1.29 is 4.79 Å². The highest BCUT2D eigenvalue weighted by Gasteiger charge is 2.68. The zero-order chi connectivity index (χ0) is 12.4. The average Bonchev–Trinajstić information content (AvgIpc) is 2.57. The van der Waals surface area contributed by atoms with Crippen LogP contribution in [0.4, 0.5) is 0 Å². The van der Waals surface area contributed by atoms with Crippen LogP contribution in [0.25, 0.3) is 0 Å². The summed E-state index contributed by atoms with van der Waals surface area (Å²) in [4.78, 5) is 11.9. The van der Waals surface area contributed by atoms with Crippen molar-refractivity contribution in [3.8, 4) is 0 Å². The van der Waals surface area contributed by atoms with Gasteiger partial charge in [0.1, 0.15) is 0 Å². The molecule has 0 unspecified atom stereocenters. The molecule has 0 atom stereocenters. The summed E-state index contributed by atoms with van der Waals surface area (Å²) in [6, 6.07) is 0. The highest BCUT2D eigenvalue weighted by molar-refractivity contribution is 5.84. The Kier molecular flexibility index (Phi) is 4.00. The molecule has 1 rings (SSSR count). The minimum absolute atomic E-state index is 0.147. The normalized spacial score (nSPS) is 21.8. The quantitative estimate of drug-likeness (QED) is 0.680. The van der Waals surface area contributed by atoms with Crippen LogP contribution in [0, 0.1) is 16.7 Å². The van der Waals surface area contributed by atoms with Crippen molar-refractivity contribution in [2.75, 3.05) is 13.1 Å². The summed E-state index contributed by atoms with van der Waals surface area (Å²) in [5.74, 6) is 0.400. The van der Waals surface area contributed by atoms with Crippen molar-refractivity contribution in [2.24, 2.45) is 22.5 Å². The van der Waals surface area contributed by atoms with E-state index >= 15 is 0 Å². The van der Waals surface area contributed by atoms with E-state index in [1.807, 2.05) is 0 Å². The zero-order valence-electron chi connectivity index (χ0n) is 11.1. The lowest BCUT2D eigenvalue weighted by atomic mass is 10.0. The lowest BCUT2D eigenvalue weighted by Crippen LogP contribution is -2.28. The van der Waals surface area contributed by atoms with E-state index in [-0.39, 0.29) is 22.7 Å². The lowest BCUT2D eigenvalue weighted by molar-refractivity contribution is -0.123. The minimum atomic E-state index is 0.147. The SMILES string of the molecule is CC1(C)C(C(=O)NCCCCCN)C1(C)C. The first kappa shape index (κ1) is 13.5. The number of carbonyl (C=O) groups is 1. The Hall–Kier alpha value is -0.570. The summed E-state index contributed by atoms with van der Waals surface area (Å²) >= 11 is 0. The van der Waals surface area contributed by atoms with Crippen molar-refractivity contribution in [3.05, 3.63) is 0 Å². The van der Waals surface area contributed by atoms with Crippen LogP contribution in [0.3, 0.4) is 0 Å². The molecule has 0 spiro atoms. The third-order valence-electron chi connectivity index (χ3n) is 4.46. The molecule has 0 aromatic rings. The van der Waals surface area contributed by atoms with E-state index in [1.165, 1.54) is 0 Å². The molecule has 1 saturated carbocycles. The van der Waals surface area contributed by atoms with Crippen LogP contribution < -0.4 is 11.1 Å². The largest absolute Gasteiger partial charge is 0.356 e. The number of carbonyl (C=O) groups excluding carboxylic acids is 1. The smallest absolute Gasteiger partial charge is 0.224 e. The van der Waals surface area contributed by atoms with E-state index in [9.17, 15) is 4.79 Å². The first-order valence-corrected chi connectivity index (χ1v) is 6.33. The first-order chi connectivity index (χ1) is 7.35. The highest BCUT2D eigenvalue weighted by atomic mass is 16.2. The van der Waals surface area contributed by atoms with Gasteiger partial charge in [0.2, 0.25) is 5.91 Å². The van der Waals surface area contributed by atoms with E-state index in [2.05, 4.69) is 33.0 Å². The number of hydrogen-bond donors (Lipinski definition) is 2. The van der Waals surface area contributed by atoms with E-state index in [0.717, 1.165) is 32.4 Å². The molecule has 1 fully saturated rings. The minimum Gasteiger partial charge on any atom is -0.356 e. The molecular weight excluding hydrogens is 200 g/mol. The molecule has 1 aliphatic carbocycles. The molecule has 0 radical (unpaired) electrons. The molecule has 0 aromatic heterocycles. The molecule has 94 valence electrons. The lowest BCUT2D eigenvalue weighted by Gasteiger charge is -2.05. The second-order valence-electron chi connectivity index (χ2n) is 6.02. The van der Waals surface area contributed by atoms with E-state index < -0.39 is 0 Å². The van der Waals surface area contributed by atoms with Crippen LogP contribution >= 0.6 is 0 Å². The van der Waals surface area contributed by atoms with Gasteiger partial charge in [0.15, 0.2) is 0 Å². The summed E-state index contributed by atoms with van der Waals surface area (Å²) < 4.78 is 0. The van der Waals surface area contributed by atoms with Crippen molar-refractivity contribution in [3.63, 3.8) is 0 Å². The first-order valence-electron chi connectivity index (χ1n) is 6.33. The number of amides is 1. The second kappa shape index (κ2) is 4.74. The number of hydrogen-bond acceptors (Lipinski definition) is 2. The summed E-state index contributed by atoms with van der Waals surface area (Å²) in [6.45, 7) is 10.2. The van der Waals surface area contributed by atoms with Gasteiger partial charge < -0.3 is 11.1 Å². The third-order valence-corrected chi connectivity index (χ3v) is 4.46. The fraction of sp³-hybridized carbons (Fsp3) is 0.923. The maximum atomic E-state index is 11.9. The van der Waals surface area contributed by atoms with E-state index in [4.69, 9.17) is 5.73 Å². The topological polar surface area (TPSA) is 55.1 Å². The Morgan fingerprint density at radius 3 is 2.12 bits per heavy atom. The predicted octanol–water partition coefficient (Wildman–Crippen LogP) is 1.91. The van der Waals surface area contributed by atoms with E-state index in [0.29, 0.717) is 0 Å². The van der Waals surface area contributed by atoms with Gasteiger partial charge in [-0.3, -0.25) is 4.79 Å². The van der Waals surface area contributed by atoms with Crippen molar-refractivity contribution >= 4 is 5.91 Å². The predicted molar refractivity (Wildman–Crippen MR) is 67.0 cm³/mol. The summed E-state index contributed by atoms with van der Waals surface area (Å²) in [5, 5.41) is 3.03. The average molecular weight is 226 g/mol. The molecule has 0 heterocycles. The van der Waals surface area contributed by atoms with Gasteiger partial charge in [-0.1, -0.05) is 34.1 Å². The van der Waals surface area contributed by atoms with Crippen LogP contribution in [0.2, 0.25) is 0 Å². The zero-order valence-corrected chi connectivity index (χ0v) is 11.1. The van der Waals surface area contributed by atoms with E-state index in [1.54, 1.807) is 0 Å². The number of unbranched alkanes of at least 4 members (excludes halogenated alkanes) is 2. The van der Waals surface area contributed by atoms with Gasteiger partial charge in [0.05, 0.1) is 0 Å². The van der Waals surface area contributed by atoms with Crippen LogP contribution in [0.1, 0.15) is 47.0 Å².